The van der Waals surface area contributed by atoms with Crippen molar-refractivity contribution in [1.82, 2.24) is 10.2 Å². The van der Waals surface area contributed by atoms with Crippen LogP contribution in [0, 0.1) is 5.92 Å². The van der Waals surface area contributed by atoms with Crippen LogP contribution in [0.5, 0.6) is 0 Å². The van der Waals surface area contributed by atoms with E-state index in [0.717, 1.165) is 29.7 Å². The molecule has 2 atom stereocenters. The number of fused-ring (bicyclic) bond motifs is 1. The average Bonchev–Trinajstić information content (AvgIpc) is 3.31. The van der Waals surface area contributed by atoms with Crippen molar-refractivity contribution in [2.75, 3.05) is 6.54 Å². The SMILES string of the molecule is CC(CC(=O)NCc1cccc(C(F)(F)F)c1)C(=O)N1CCc2sccc2[C@H]1c1ccccc1. The second kappa shape index (κ2) is 10.0. The minimum absolute atomic E-state index is 0.0295. The van der Waals surface area contributed by atoms with Gasteiger partial charge < -0.3 is 10.2 Å². The first-order valence-electron chi connectivity index (χ1n) is 11.1. The van der Waals surface area contributed by atoms with Crippen molar-refractivity contribution >= 4 is 23.2 Å². The molecule has 0 bridgehead atoms. The first-order chi connectivity index (χ1) is 16.2. The second-order valence-corrected chi connectivity index (χ2v) is 9.47. The minimum Gasteiger partial charge on any atom is -0.352 e. The lowest BCUT2D eigenvalue weighted by Crippen LogP contribution is -2.43. The Morgan fingerprint density at radius 2 is 1.88 bits per heavy atom. The smallest absolute Gasteiger partial charge is 0.352 e. The van der Waals surface area contributed by atoms with Gasteiger partial charge in [0.1, 0.15) is 0 Å². The molecule has 0 fully saturated rings. The molecule has 2 amide bonds. The largest absolute Gasteiger partial charge is 0.416 e. The number of alkyl halides is 3. The molecule has 0 saturated heterocycles. The summed E-state index contributed by atoms with van der Waals surface area (Å²) >= 11 is 1.69. The lowest BCUT2D eigenvalue weighted by atomic mass is 9.91. The van der Waals surface area contributed by atoms with Crippen LogP contribution >= 0.6 is 11.3 Å². The van der Waals surface area contributed by atoms with Gasteiger partial charge in [0, 0.05) is 30.3 Å². The Labute approximate surface area is 200 Å². The molecule has 1 aromatic heterocycles. The zero-order chi connectivity index (χ0) is 24.3. The van der Waals surface area contributed by atoms with Crippen molar-refractivity contribution in [2.45, 2.75) is 38.5 Å². The van der Waals surface area contributed by atoms with Gasteiger partial charge in [0.15, 0.2) is 0 Å². The molecule has 0 radical (unpaired) electrons. The maximum Gasteiger partial charge on any atom is 0.416 e. The number of benzene rings is 2. The lowest BCUT2D eigenvalue weighted by Gasteiger charge is -2.37. The predicted octanol–water partition coefficient (Wildman–Crippen LogP) is 5.58. The van der Waals surface area contributed by atoms with E-state index in [0.29, 0.717) is 12.1 Å². The summed E-state index contributed by atoms with van der Waals surface area (Å²) in [5.41, 5.74) is 1.74. The zero-order valence-corrected chi connectivity index (χ0v) is 19.5. The molecule has 2 heterocycles. The van der Waals surface area contributed by atoms with E-state index in [4.69, 9.17) is 0 Å². The Morgan fingerprint density at radius 3 is 2.62 bits per heavy atom. The number of amides is 2. The van der Waals surface area contributed by atoms with Gasteiger partial charge in [0.25, 0.3) is 0 Å². The molecule has 8 heteroatoms. The van der Waals surface area contributed by atoms with Gasteiger partial charge in [0.2, 0.25) is 11.8 Å². The van der Waals surface area contributed by atoms with Crippen LogP contribution in [0.4, 0.5) is 13.2 Å². The number of hydrogen-bond donors (Lipinski definition) is 1. The van der Waals surface area contributed by atoms with E-state index in [-0.39, 0.29) is 30.8 Å². The zero-order valence-electron chi connectivity index (χ0n) is 18.6. The monoisotopic (exact) mass is 486 g/mol. The van der Waals surface area contributed by atoms with E-state index in [1.54, 1.807) is 18.3 Å². The van der Waals surface area contributed by atoms with Gasteiger partial charge in [-0.1, -0.05) is 49.4 Å². The molecule has 0 saturated carbocycles. The van der Waals surface area contributed by atoms with Crippen molar-refractivity contribution in [1.29, 1.82) is 0 Å². The van der Waals surface area contributed by atoms with E-state index in [1.807, 2.05) is 40.6 Å². The van der Waals surface area contributed by atoms with Crippen molar-refractivity contribution in [3.8, 4) is 0 Å². The molecule has 2 aromatic carbocycles. The van der Waals surface area contributed by atoms with Gasteiger partial charge in [-0.2, -0.15) is 13.2 Å². The van der Waals surface area contributed by atoms with Crippen LogP contribution in [0.2, 0.25) is 0 Å². The predicted molar refractivity (Wildman–Crippen MR) is 125 cm³/mol. The average molecular weight is 487 g/mol. The van der Waals surface area contributed by atoms with Gasteiger partial charge >= 0.3 is 6.18 Å². The third kappa shape index (κ3) is 5.33. The Kier molecular flexibility index (Phi) is 7.07. The maximum absolute atomic E-state index is 13.4. The number of carbonyl (C=O) groups is 2. The fourth-order valence-corrected chi connectivity index (χ4v) is 5.23. The van der Waals surface area contributed by atoms with Gasteiger partial charge in [-0.3, -0.25) is 9.59 Å². The molecule has 1 aliphatic rings. The Balaban J connectivity index is 1.41. The van der Waals surface area contributed by atoms with Crippen molar-refractivity contribution < 1.29 is 22.8 Å². The van der Waals surface area contributed by atoms with Gasteiger partial charge in [-0.15, -0.1) is 11.3 Å². The van der Waals surface area contributed by atoms with Crippen LogP contribution in [0.25, 0.3) is 0 Å². The first-order valence-corrected chi connectivity index (χ1v) is 12.0. The summed E-state index contributed by atoms with van der Waals surface area (Å²) in [5.74, 6) is -1.05. The lowest BCUT2D eigenvalue weighted by molar-refractivity contribution is -0.139. The summed E-state index contributed by atoms with van der Waals surface area (Å²) < 4.78 is 38.7. The van der Waals surface area contributed by atoms with E-state index in [1.165, 1.54) is 17.0 Å². The molecule has 178 valence electrons. The van der Waals surface area contributed by atoms with Gasteiger partial charge in [-0.25, -0.2) is 0 Å². The second-order valence-electron chi connectivity index (χ2n) is 8.47. The highest BCUT2D eigenvalue weighted by Gasteiger charge is 2.35. The molecule has 1 aliphatic heterocycles. The molecular weight excluding hydrogens is 461 g/mol. The number of thiophene rings is 1. The number of halogens is 3. The Bertz CT molecular complexity index is 1160. The molecular formula is C26H25F3N2O2S. The number of rotatable bonds is 6. The van der Waals surface area contributed by atoms with Crippen molar-refractivity contribution in [3.05, 3.63) is 93.2 Å². The fourth-order valence-electron chi connectivity index (χ4n) is 4.33. The van der Waals surface area contributed by atoms with Crippen LogP contribution in [0.15, 0.2) is 66.0 Å². The molecule has 0 spiro atoms. The summed E-state index contributed by atoms with van der Waals surface area (Å²) in [6.07, 6.45) is -3.70. The van der Waals surface area contributed by atoms with Crippen molar-refractivity contribution in [3.63, 3.8) is 0 Å². The maximum atomic E-state index is 13.4. The van der Waals surface area contributed by atoms with E-state index in [2.05, 4.69) is 11.4 Å². The van der Waals surface area contributed by atoms with Crippen LogP contribution < -0.4 is 5.32 Å². The highest BCUT2D eigenvalue weighted by Crippen LogP contribution is 2.38. The van der Waals surface area contributed by atoms with Crippen molar-refractivity contribution in [2.24, 2.45) is 5.92 Å². The summed E-state index contributed by atoms with van der Waals surface area (Å²) in [6, 6.07) is 16.6. The summed E-state index contributed by atoms with van der Waals surface area (Å²) in [4.78, 5) is 29.0. The molecule has 4 nitrogen and oxygen atoms in total. The normalized spacial score (nSPS) is 16.6. The Hall–Kier alpha value is -3.13. The molecule has 34 heavy (non-hydrogen) atoms. The first kappa shape index (κ1) is 24.0. The third-order valence-electron chi connectivity index (χ3n) is 6.02. The van der Waals surface area contributed by atoms with Crippen LogP contribution in [0.3, 0.4) is 0 Å². The summed E-state index contributed by atoms with van der Waals surface area (Å²) in [6.45, 7) is 2.26. The molecule has 0 aliphatic carbocycles. The number of nitrogens with zero attached hydrogens (tertiary/aromatic N) is 1. The summed E-state index contributed by atoms with van der Waals surface area (Å²) in [7, 11) is 0. The number of nitrogens with one attached hydrogen (secondary N) is 1. The third-order valence-corrected chi connectivity index (χ3v) is 7.02. The van der Waals surface area contributed by atoms with Crippen LogP contribution in [-0.2, 0) is 28.7 Å². The highest BCUT2D eigenvalue weighted by atomic mass is 32.1. The molecule has 1 N–H and O–H groups in total. The topological polar surface area (TPSA) is 49.4 Å². The minimum atomic E-state index is -4.44. The molecule has 3 aromatic rings. The Morgan fingerprint density at radius 1 is 1.12 bits per heavy atom. The quantitative estimate of drug-likeness (QED) is 0.494. The fraction of sp³-hybridized carbons (Fsp3) is 0.308. The number of carbonyl (C=O) groups excluding carboxylic acids is 2. The standard InChI is InChI=1S/C26H25F3N2O2S/c1-17(14-23(32)30-16-18-6-5-9-20(15-18)26(27,28)29)25(33)31-12-10-22-21(11-13-34-22)24(31)19-7-3-2-4-8-19/h2-9,11,13,15,17,24H,10,12,14,16H2,1H3,(H,30,32)/t17?,24-/m1/s1. The van der Waals surface area contributed by atoms with Gasteiger partial charge in [-0.05, 0) is 46.7 Å². The van der Waals surface area contributed by atoms with E-state index < -0.39 is 17.7 Å². The molecule has 4 rings (SSSR count). The highest BCUT2D eigenvalue weighted by molar-refractivity contribution is 7.10. The van der Waals surface area contributed by atoms with E-state index >= 15 is 0 Å². The van der Waals surface area contributed by atoms with Crippen LogP contribution in [0.1, 0.15) is 46.5 Å². The van der Waals surface area contributed by atoms with E-state index in [9.17, 15) is 22.8 Å². The summed E-state index contributed by atoms with van der Waals surface area (Å²) in [5, 5.41) is 4.69. The molecule has 1 unspecified atom stereocenters. The van der Waals surface area contributed by atoms with Crippen LogP contribution in [-0.4, -0.2) is 23.3 Å². The number of hydrogen-bond acceptors (Lipinski definition) is 3. The van der Waals surface area contributed by atoms with Gasteiger partial charge in [0.05, 0.1) is 11.6 Å².